The molecule has 0 unspecified atom stereocenters. The van der Waals surface area contributed by atoms with Gasteiger partial charge in [0, 0.05) is 6.54 Å². The highest BCUT2D eigenvalue weighted by atomic mass is 35.5. The molecule has 0 aromatic carbocycles. The molecule has 2 N–H and O–H groups in total. The second-order valence-corrected chi connectivity index (χ2v) is 5.90. The third kappa shape index (κ3) is 3.85. The number of carboxylic acids is 1. The summed E-state index contributed by atoms with van der Waals surface area (Å²) in [4.78, 5) is 15.2. The van der Waals surface area contributed by atoms with Crippen molar-refractivity contribution in [3.8, 4) is 0 Å². The number of hydrogen-bond acceptors (Lipinski definition) is 3. The molecular formula is C15H21ClN2O2. The first-order valence-electron chi connectivity index (χ1n) is 7.23. The summed E-state index contributed by atoms with van der Waals surface area (Å²) in [5.41, 5.74) is 0.177. The van der Waals surface area contributed by atoms with Crippen molar-refractivity contribution in [3.63, 3.8) is 0 Å². The van der Waals surface area contributed by atoms with Gasteiger partial charge < -0.3 is 10.4 Å². The molecule has 2 rings (SSSR count). The first-order valence-corrected chi connectivity index (χ1v) is 7.61. The smallest absolute Gasteiger partial charge is 0.339 e. The van der Waals surface area contributed by atoms with E-state index in [1.165, 1.54) is 44.2 Å². The fourth-order valence-corrected chi connectivity index (χ4v) is 2.98. The molecule has 0 spiro atoms. The number of aromatic nitrogens is 1. The van der Waals surface area contributed by atoms with E-state index in [1.54, 1.807) is 0 Å². The van der Waals surface area contributed by atoms with E-state index in [4.69, 9.17) is 16.7 Å². The predicted octanol–water partition coefficient (Wildman–Crippen LogP) is 4.06. The van der Waals surface area contributed by atoms with Crippen LogP contribution in [0.5, 0.6) is 0 Å². The standard InChI is InChI=1S/C15H21ClN2O2/c1-2-10-3-5-11(6-4-10)9-17-14-12(15(19)20)7-8-13(16)18-14/h7-8,10-11H,2-6,9H2,1H3,(H,17,18)(H,19,20). The molecule has 1 saturated carbocycles. The van der Waals surface area contributed by atoms with Crippen molar-refractivity contribution < 1.29 is 9.90 Å². The highest BCUT2D eigenvalue weighted by molar-refractivity contribution is 6.29. The maximum Gasteiger partial charge on any atom is 0.339 e. The number of nitrogens with one attached hydrogen (secondary N) is 1. The SMILES string of the molecule is CCC1CCC(CNc2nc(Cl)ccc2C(=O)O)CC1. The number of nitrogens with zero attached hydrogens (tertiary/aromatic N) is 1. The Labute approximate surface area is 124 Å². The van der Waals surface area contributed by atoms with E-state index >= 15 is 0 Å². The van der Waals surface area contributed by atoms with Crippen LogP contribution in [-0.2, 0) is 0 Å². The van der Waals surface area contributed by atoms with Crippen molar-refractivity contribution in [1.29, 1.82) is 0 Å². The first-order chi connectivity index (χ1) is 9.60. The second kappa shape index (κ2) is 6.93. The third-order valence-corrected chi connectivity index (χ3v) is 4.40. The highest BCUT2D eigenvalue weighted by Crippen LogP contribution is 2.30. The minimum Gasteiger partial charge on any atom is -0.478 e. The Morgan fingerprint density at radius 1 is 1.35 bits per heavy atom. The van der Waals surface area contributed by atoms with Crippen molar-refractivity contribution >= 4 is 23.4 Å². The van der Waals surface area contributed by atoms with Gasteiger partial charge in [0.25, 0.3) is 0 Å². The highest BCUT2D eigenvalue weighted by Gasteiger charge is 2.20. The average Bonchev–Trinajstić information content (AvgIpc) is 2.45. The van der Waals surface area contributed by atoms with Gasteiger partial charge in [0.15, 0.2) is 0 Å². The number of carbonyl (C=O) groups is 1. The molecule has 4 nitrogen and oxygen atoms in total. The van der Waals surface area contributed by atoms with Crippen molar-refractivity contribution in [2.24, 2.45) is 11.8 Å². The van der Waals surface area contributed by atoms with E-state index in [-0.39, 0.29) is 5.56 Å². The summed E-state index contributed by atoms with van der Waals surface area (Å²) in [6.45, 7) is 3.02. The van der Waals surface area contributed by atoms with Gasteiger partial charge in [-0.05, 0) is 36.8 Å². The minimum atomic E-state index is -0.980. The lowest BCUT2D eigenvalue weighted by Gasteiger charge is -2.28. The fraction of sp³-hybridized carbons (Fsp3) is 0.600. The summed E-state index contributed by atoms with van der Waals surface area (Å²) in [7, 11) is 0. The molecule has 1 aliphatic rings. The van der Waals surface area contributed by atoms with E-state index in [9.17, 15) is 4.79 Å². The molecule has 0 radical (unpaired) electrons. The molecule has 0 atom stereocenters. The molecule has 1 aromatic heterocycles. The van der Waals surface area contributed by atoms with Crippen LogP contribution in [0.3, 0.4) is 0 Å². The number of carboxylic acid groups (broad SMARTS) is 1. The zero-order chi connectivity index (χ0) is 14.5. The first kappa shape index (κ1) is 15.1. The molecule has 1 heterocycles. The quantitative estimate of drug-likeness (QED) is 0.804. The molecule has 0 amide bonds. The summed E-state index contributed by atoms with van der Waals surface area (Å²) in [6.07, 6.45) is 6.22. The van der Waals surface area contributed by atoms with Gasteiger partial charge in [-0.3, -0.25) is 0 Å². The van der Waals surface area contributed by atoms with Crippen molar-refractivity contribution in [1.82, 2.24) is 4.98 Å². The van der Waals surface area contributed by atoms with Gasteiger partial charge in [-0.15, -0.1) is 0 Å². The average molecular weight is 297 g/mol. The Balaban J connectivity index is 1.94. The normalized spacial score (nSPS) is 22.5. The van der Waals surface area contributed by atoms with Crippen LogP contribution in [0.25, 0.3) is 0 Å². The molecule has 1 aromatic rings. The molecule has 0 saturated heterocycles. The zero-order valence-electron chi connectivity index (χ0n) is 11.7. The van der Waals surface area contributed by atoms with E-state index in [0.717, 1.165) is 12.5 Å². The van der Waals surface area contributed by atoms with E-state index in [0.29, 0.717) is 16.9 Å². The number of halogens is 1. The lowest BCUT2D eigenvalue weighted by atomic mass is 9.81. The summed E-state index contributed by atoms with van der Waals surface area (Å²) < 4.78 is 0. The molecule has 1 fully saturated rings. The van der Waals surface area contributed by atoms with Gasteiger partial charge >= 0.3 is 5.97 Å². The Hall–Kier alpha value is -1.29. The molecule has 0 bridgehead atoms. The van der Waals surface area contributed by atoms with Crippen molar-refractivity contribution in [2.75, 3.05) is 11.9 Å². The van der Waals surface area contributed by atoms with Crippen molar-refractivity contribution in [3.05, 3.63) is 22.8 Å². The number of hydrogen-bond donors (Lipinski definition) is 2. The maximum atomic E-state index is 11.1. The van der Waals surface area contributed by atoms with Crippen molar-refractivity contribution in [2.45, 2.75) is 39.0 Å². The van der Waals surface area contributed by atoms with E-state index in [1.807, 2.05) is 0 Å². The number of pyridine rings is 1. The van der Waals surface area contributed by atoms with Gasteiger partial charge in [-0.2, -0.15) is 0 Å². The van der Waals surface area contributed by atoms with Crippen LogP contribution in [0.4, 0.5) is 5.82 Å². The Bertz CT molecular complexity index is 471. The molecule has 5 heteroatoms. The van der Waals surface area contributed by atoms with Crippen LogP contribution in [0, 0.1) is 11.8 Å². The summed E-state index contributed by atoms with van der Waals surface area (Å²) in [5, 5.41) is 12.6. The topological polar surface area (TPSA) is 62.2 Å². The number of anilines is 1. The Morgan fingerprint density at radius 3 is 2.60 bits per heavy atom. The van der Waals surface area contributed by atoms with E-state index in [2.05, 4.69) is 17.2 Å². The fourth-order valence-electron chi connectivity index (χ4n) is 2.83. The Kier molecular flexibility index (Phi) is 5.24. The number of rotatable bonds is 5. The molecule has 0 aliphatic heterocycles. The van der Waals surface area contributed by atoms with Crippen LogP contribution in [0.2, 0.25) is 5.15 Å². The minimum absolute atomic E-state index is 0.177. The summed E-state index contributed by atoms with van der Waals surface area (Å²) in [6, 6.07) is 3.00. The van der Waals surface area contributed by atoms with Crippen LogP contribution >= 0.6 is 11.6 Å². The monoisotopic (exact) mass is 296 g/mol. The van der Waals surface area contributed by atoms with Crippen LogP contribution in [-0.4, -0.2) is 22.6 Å². The third-order valence-electron chi connectivity index (χ3n) is 4.19. The van der Waals surface area contributed by atoms with Crippen LogP contribution in [0.15, 0.2) is 12.1 Å². The zero-order valence-corrected chi connectivity index (χ0v) is 12.5. The largest absolute Gasteiger partial charge is 0.478 e. The maximum absolute atomic E-state index is 11.1. The Morgan fingerprint density at radius 2 is 2.00 bits per heavy atom. The number of aromatic carboxylic acids is 1. The van der Waals surface area contributed by atoms with Gasteiger partial charge in [-0.25, -0.2) is 9.78 Å². The lowest BCUT2D eigenvalue weighted by Crippen LogP contribution is -2.22. The summed E-state index contributed by atoms with van der Waals surface area (Å²) in [5.74, 6) is 0.860. The molecule has 20 heavy (non-hydrogen) atoms. The summed E-state index contributed by atoms with van der Waals surface area (Å²) >= 11 is 5.84. The van der Waals surface area contributed by atoms with Gasteiger partial charge in [0.2, 0.25) is 0 Å². The molecule has 1 aliphatic carbocycles. The van der Waals surface area contributed by atoms with Gasteiger partial charge in [0.05, 0.1) is 0 Å². The van der Waals surface area contributed by atoms with Crippen LogP contribution < -0.4 is 5.32 Å². The second-order valence-electron chi connectivity index (χ2n) is 5.51. The van der Waals surface area contributed by atoms with Gasteiger partial charge in [0.1, 0.15) is 16.5 Å². The van der Waals surface area contributed by atoms with Gasteiger partial charge in [-0.1, -0.05) is 37.8 Å². The van der Waals surface area contributed by atoms with E-state index < -0.39 is 5.97 Å². The van der Waals surface area contributed by atoms with Crippen LogP contribution in [0.1, 0.15) is 49.4 Å². The molecule has 110 valence electrons. The predicted molar refractivity (Wildman–Crippen MR) is 80.4 cm³/mol. The lowest BCUT2D eigenvalue weighted by molar-refractivity contribution is 0.0697. The molecular weight excluding hydrogens is 276 g/mol.